The second kappa shape index (κ2) is 4.16. The summed E-state index contributed by atoms with van der Waals surface area (Å²) in [4.78, 5) is 0. The van der Waals surface area contributed by atoms with Crippen LogP contribution in [0.2, 0.25) is 0 Å². The lowest BCUT2D eigenvalue weighted by Crippen LogP contribution is -2.45. The molecule has 0 aromatic rings. The molecule has 0 radical (unpaired) electrons. The van der Waals surface area contributed by atoms with Crippen molar-refractivity contribution in [2.75, 3.05) is 12.4 Å². The first-order valence-electron chi connectivity index (χ1n) is 5.04. The molecule has 0 aromatic heterocycles. The molecule has 1 saturated carbocycles. The summed E-state index contributed by atoms with van der Waals surface area (Å²) in [6.45, 7) is 3.60. The fourth-order valence-corrected chi connectivity index (χ4v) is 2.93. The predicted octanol–water partition coefficient (Wildman–Crippen LogP) is 0.477. The lowest BCUT2D eigenvalue weighted by molar-refractivity contribution is 0.127. The van der Waals surface area contributed by atoms with E-state index in [1.165, 1.54) is 0 Å². The van der Waals surface area contributed by atoms with Crippen molar-refractivity contribution in [2.24, 2.45) is 5.41 Å². The lowest BCUT2D eigenvalue weighted by Gasteiger charge is -2.29. The number of aliphatic hydroxyl groups is 1. The van der Waals surface area contributed by atoms with E-state index in [9.17, 15) is 13.5 Å². The van der Waals surface area contributed by atoms with E-state index in [4.69, 9.17) is 0 Å². The molecule has 14 heavy (non-hydrogen) atoms. The van der Waals surface area contributed by atoms with Gasteiger partial charge in [0.1, 0.15) is 0 Å². The van der Waals surface area contributed by atoms with Crippen LogP contribution in [0.4, 0.5) is 0 Å². The van der Waals surface area contributed by atoms with Crippen LogP contribution in [0.25, 0.3) is 0 Å². The maximum Gasteiger partial charge on any atom is 0.211 e. The van der Waals surface area contributed by atoms with Crippen LogP contribution in [-0.2, 0) is 10.0 Å². The van der Waals surface area contributed by atoms with Crippen molar-refractivity contribution in [3.8, 4) is 0 Å². The Morgan fingerprint density at radius 2 is 2.21 bits per heavy atom. The van der Waals surface area contributed by atoms with Gasteiger partial charge in [0.2, 0.25) is 10.0 Å². The summed E-state index contributed by atoms with van der Waals surface area (Å²) in [5.41, 5.74) is -0.276. The van der Waals surface area contributed by atoms with Gasteiger partial charge >= 0.3 is 0 Å². The van der Waals surface area contributed by atoms with Crippen LogP contribution < -0.4 is 4.72 Å². The SMILES string of the molecule is CCS(=O)(=O)NC1CCCC1(C)CO. The normalized spacial score (nSPS) is 33.5. The molecule has 5 heteroatoms. The van der Waals surface area contributed by atoms with Gasteiger partial charge in [-0.1, -0.05) is 13.3 Å². The summed E-state index contributed by atoms with van der Waals surface area (Å²) in [6.07, 6.45) is 2.70. The van der Waals surface area contributed by atoms with Gasteiger partial charge in [0, 0.05) is 18.1 Å². The molecule has 0 aliphatic heterocycles. The van der Waals surface area contributed by atoms with E-state index in [-0.39, 0.29) is 23.8 Å². The first kappa shape index (κ1) is 11.9. The standard InChI is InChI=1S/C9H19NO3S/c1-3-14(12,13)10-8-5-4-6-9(8,2)7-11/h8,10-11H,3-7H2,1-2H3. The monoisotopic (exact) mass is 221 g/mol. The highest BCUT2D eigenvalue weighted by Gasteiger charge is 2.39. The van der Waals surface area contributed by atoms with Gasteiger partial charge in [-0.2, -0.15) is 0 Å². The maximum absolute atomic E-state index is 11.4. The molecular weight excluding hydrogens is 202 g/mol. The van der Waals surface area contributed by atoms with Crippen LogP contribution in [0.15, 0.2) is 0 Å². The topological polar surface area (TPSA) is 66.4 Å². The van der Waals surface area contributed by atoms with Crippen LogP contribution in [-0.4, -0.2) is 31.9 Å². The Morgan fingerprint density at radius 3 is 2.71 bits per heavy atom. The Hall–Kier alpha value is -0.130. The Labute approximate surface area is 85.8 Å². The molecule has 4 nitrogen and oxygen atoms in total. The number of nitrogens with one attached hydrogen (secondary N) is 1. The van der Waals surface area contributed by atoms with Crippen molar-refractivity contribution < 1.29 is 13.5 Å². The average molecular weight is 221 g/mol. The number of rotatable bonds is 4. The number of hydrogen-bond donors (Lipinski definition) is 2. The molecular formula is C9H19NO3S. The fourth-order valence-electron chi connectivity index (χ4n) is 1.92. The molecule has 0 heterocycles. The van der Waals surface area contributed by atoms with Crippen molar-refractivity contribution in [1.29, 1.82) is 0 Å². The third-order valence-corrected chi connectivity index (χ3v) is 4.55. The van der Waals surface area contributed by atoms with E-state index in [0.29, 0.717) is 0 Å². The minimum Gasteiger partial charge on any atom is -0.396 e. The summed E-state index contributed by atoms with van der Waals surface area (Å²) >= 11 is 0. The Kier molecular flexibility index (Phi) is 3.55. The number of hydrogen-bond acceptors (Lipinski definition) is 3. The molecule has 1 aliphatic rings. The van der Waals surface area contributed by atoms with Gasteiger partial charge in [0.25, 0.3) is 0 Å². The Bertz CT molecular complexity index is 288. The van der Waals surface area contributed by atoms with Crippen LogP contribution in [0, 0.1) is 5.41 Å². The third-order valence-electron chi connectivity index (χ3n) is 3.15. The molecule has 1 aliphatic carbocycles. The quantitative estimate of drug-likeness (QED) is 0.725. The molecule has 84 valence electrons. The van der Waals surface area contributed by atoms with Crippen molar-refractivity contribution >= 4 is 10.0 Å². The molecule has 0 aromatic carbocycles. The van der Waals surface area contributed by atoms with E-state index in [2.05, 4.69) is 4.72 Å². The molecule has 0 bridgehead atoms. The molecule has 2 N–H and O–H groups in total. The number of sulfonamides is 1. The average Bonchev–Trinajstić information content (AvgIpc) is 2.48. The first-order chi connectivity index (χ1) is 6.43. The van der Waals surface area contributed by atoms with Crippen molar-refractivity contribution in [2.45, 2.75) is 39.2 Å². The second-order valence-corrected chi connectivity index (χ2v) is 6.32. The van der Waals surface area contributed by atoms with Crippen LogP contribution >= 0.6 is 0 Å². The van der Waals surface area contributed by atoms with Gasteiger partial charge in [-0.05, 0) is 19.8 Å². The maximum atomic E-state index is 11.4. The van der Waals surface area contributed by atoms with Gasteiger partial charge < -0.3 is 5.11 Å². The summed E-state index contributed by atoms with van der Waals surface area (Å²) in [7, 11) is -3.15. The van der Waals surface area contributed by atoms with E-state index in [1.54, 1.807) is 6.92 Å². The minimum atomic E-state index is -3.15. The van der Waals surface area contributed by atoms with Crippen molar-refractivity contribution in [1.82, 2.24) is 4.72 Å². The summed E-state index contributed by atoms with van der Waals surface area (Å²) in [6, 6.07) is -0.0996. The molecule has 0 spiro atoms. The molecule has 1 rings (SSSR count). The van der Waals surface area contributed by atoms with E-state index >= 15 is 0 Å². The van der Waals surface area contributed by atoms with Crippen molar-refractivity contribution in [3.05, 3.63) is 0 Å². The Morgan fingerprint density at radius 1 is 1.57 bits per heavy atom. The zero-order valence-electron chi connectivity index (χ0n) is 8.78. The minimum absolute atomic E-state index is 0.0455. The van der Waals surface area contributed by atoms with Crippen LogP contribution in [0.3, 0.4) is 0 Å². The predicted molar refractivity (Wildman–Crippen MR) is 55.4 cm³/mol. The third kappa shape index (κ3) is 2.46. The highest BCUT2D eigenvalue weighted by molar-refractivity contribution is 7.89. The van der Waals surface area contributed by atoms with E-state index < -0.39 is 10.0 Å². The summed E-state index contributed by atoms with van der Waals surface area (Å²) < 4.78 is 25.4. The largest absolute Gasteiger partial charge is 0.396 e. The fraction of sp³-hybridized carbons (Fsp3) is 1.00. The molecule has 2 unspecified atom stereocenters. The summed E-state index contributed by atoms with van der Waals surface area (Å²) in [5.74, 6) is 0.102. The van der Waals surface area contributed by atoms with Crippen molar-refractivity contribution in [3.63, 3.8) is 0 Å². The van der Waals surface area contributed by atoms with Gasteiger partial charge in [-0.15, -0.1) is 0 Å². The highest BCUT2D eigenvalue weighted by atomic mass is 32.2. The van der Waals surface area contributed by atoms with E-state index in [0.717, 1.165) is 19.3 Å². The highest BCUT2D eigenvalue weighted by Crippen LogP contribution is 2.37. The van der Waals surface area contributed by atoms with Crippen LogP contribution in [0.5, 0.6) is 0 Å². The number of aliphatic hydroxyl groups excluding tert-OH is 1. The van der Waals surface area contributed by atoms with Gasteiger partial charge in [-0.3, -0.25) is 0 Å². The Balaban J connectivity index is 2.70. The summed E-state index contributed by atoms with van der Waals surface area (Å²) in [5, 5.41) is 9.23. The zero-order chi connectivity index (χ0) is 10.8. The molecule has 0 amide bonds. The van der Waals surface area contributed by atoms with E-state index in [1.807, 2.05) is 6.92 Å². The van der Waals surface area contributed by atoms with Crippen LogP contribution in [0.1, 0.15) is 33.1 Å². The first-order valence-corrected chi connectivity index (χ1v) is 6.69. The second-order valence-electron chi connectivity index (χ2n) is 4.28. The molecule has 1 fully saturated rings. The van der Waals surface area contributed by atoms with Gasteiger partial charge in [0.15, 0.2) is 0 Å². The van der Waals surface area contributed by atoms with Gasteiger partial charge in [0.05, 0.1) is 5.75 Å². The molecule has 0 saturated heterocycles. The smallest absolute Gasteiger partial charge is 0.211 e. The molecule has 2 atom stereocenters. The lowest BCUT2D eigenvalue weighted by atomic mass is 9.86. The van der Waals surface area contributed by atoms with Gasteiger partial charge in [-0.25, -0.2) is 13.1 Å². The zero-order valence-corrected chi connectivity index (χ0v) is 9.60.